The molecule has 1 aromatic heterocycles. The summed E-state index contributed by atoms with van der Waals surface area (Å²) in [7, 11) is 1.97. The average molecular weight is 348 g/mol. The van der Waals surface area contributed by atoms with Gasteiger partial charge in [0.05, 0.1) is 6.20 Å². The lowest BCUT2D eigenvalue weighted by Crippen LogP contribution is -2.37. The monoisotopic (exact) mass is 347 g/mol. The molecule has 0 aliphatic carbocycles. The van der Waals surface area contributed by atoms with E-state index in [0.717, 1.165) is 45.6 Å². The highest BCUT2D eigenvalue weighted by Crippen LogP contribution is 2.49. The van der Waals surface area contributed by atoms with Crippen LogP contribution < -0.4 is 0 Å². The fraction of sp³-hybridized carbons (Fsp3) is 0.800. The van der Waals surface area contributed by atoms with E-state index in [-0.39, 0.29) is 5.41 Å². The Labute approximate surface area is 151 Å². The van der Waals surface area contributed by atoms with Gasteiger partial charge in [-0.1, -0.05) is 32.6 Å². The molecule has 1 spiro atoms. The number of carbonyl (C=O) groups is 1. The van der Waals surface area contributed by atoms with Gasteiger partial charge in [0.2, 0.25) is 5.91 Å². The third-order valence-electron chi connectivity index (χ3n) is 6.11. The molecule has 2 aliphatic heterocycles. The number of carbonyl (C=O) groups excluding carboxylic acids is 1. The number of amides is 1. The first kappa shape index (κ1) is 18.4. The molecule has 25 heavy (non-hydrogen) atoms. The van der Waals surface area contributed by atoms with Crippen LogP contribution in [0.5, 0.6) is 0 Å². The number of ether oxygens (including phenoxy) is 1. The lowest BCUT2D eigenvalue weighted by molar-refractivity contribution is -0.131. The molecule has 2 aliphatic rings. The fourth-order valence-corrected chi connectivity index (χ4v) is 4.56. The first-order chi connectivity index (χ1) is 12.1. The third-order valence-corrected chi connectivity index (χ3v) is 6.11. The number of hydrogen-bond donors (Lipinski definition) is 0. The van der Waals surface area contributed by atoms with Crippen molar-refractivity contribution in [1.82, 2.24) is 14.7 Å². The molecule has 2 saturated heterocycles. The van der Waals surface area contributed by atoms with Gasteiger partial charge in [0.1, 0.15) is 0 Å². The summed E-state index contributed by atoms with van der Waals surface area (Å²) in [6, 6.07) is 0. The van der Waals surface area contributed by atoms with E-state index in [1.54, 1.807) is 0 Å². The van der Waals surface area contributed by atoms with Crippen molar-refractivity contribution in [2.24, 2.45) is 12.5 Å². The minimum Gasteiger partial charge on any atom is -0.381 e. The highest BCUT2D eigenvalue weighted by atomic mass is 16.5. The molecule has 0 aromatic carbocycles. The predicted octanol–water partition coefficient (Wildman–Crippen LogP) is 3.50. The van der Waals surface area contributed by atoms with Crippen LogP contribution in [0, 0.1) is 5.41 Å². The summed E-state index contributed by atoms with van der Waals surface area (Å²) in [6.07, 6.45) is 12.9. The predicted molar refractivity (Wildman–Crippen MR) is 98.4 cm³/mol. The molecule has 0 bridgehead atoms. The second kappa shape index (κ2) is 8.35. The number of aryl methyl sites for hydroxylation is 1. The van der Waals surface area contributed by atoms with E-state index in [9.17, 15) is 4.79 Å². The van der Waals surface area contributed by atoms with Crippen LogP contribution in [0.2, 0.25) is 0 Å². The van der Waals surface area contributed by atoms with E-state index in [4.69, 9.17) is 4.74 Å². The van der Waals surface area contributed by atoms with Gasteiger partial charge in [0.15, 0.2) is 0 Å². The summed E-state index contributed by atoms with van der Waals surface area (Å²) < 4.78 is 7.50. The van der Waals surface area contributed by atoms with Crippen molar-refractivity contribution in [1.29, 1.82) is 0 Å². The molecule has 1 atom stereocenters. The number of hydrogen-bond acceptors (Lipinski definition) is 3. The van der Waals surface area contributed by atoms with Crippen LogP contribution in [0.25, 0.3) is 0 Å². The summed E-state index contributed by atoms with van der Waals surface area (Å²) >= 11 is 0. The van der Waals surface area contributed by atoms with Crippen molar-refractivity contribution in [3.05, 3.63) is 18.0 Å². The molecule has 5 nitrogen and oxygen atoms in total. The Hall–Kier alpha value is -1.36. The van der Waals surface area contributed by atoms with E-state index >= 15 is 0 Å². The van der Waals surface area contributed by atoms with Crippen LogP contribution >= 0.6 is 0 Å². The van der Waals surface area contributed by atoms with Crippen LogP contribution in [0.4, 0.5) is 0 Å². The Morgan fingerprint density at radius 2 is 2.04 bits per heavy atom. The molecule has 0 N–H and O–H groups in total. The summed E-state index contributed by atoms with van der Waals surface area (Å²) in [5.74, 6) is 0.739. The van der Waals surface area contributed by atoms with Gasteiger partial charge in [-0.3, -0.25) is 9.48 Å². The maximum Gasteiger partial charge on any atom is 0.222 e. The lowest BCUT2D eigenvalue weighted by Gasteiger charge is -2.37. The Bertz CT molecular complexity index is 563. The molecule has 3 rings (SSSR count). The van der Waals surface area contributed by atoms with Gasteiger partial charge >= 0.3 is 0 Å². The van der Waals surface area contributed by atoms with Crippen molar-refractivity contribution in [3.63, 3.8) is 0 Å². The molecule has 5 heteroatoms. The van der Waals surface area contributed by atoms with E-state index in [0.29, 0.717) is 18.2 Å². The maximum atomic E-state index is 12.8. The van der Waals surface area contributed by atoms with E-state index in [2.05, 4.69) is 23.1 Å². The number of likely N-dealkylation sites (tertiary alicyclic amines) is 1. The normalized spacial score (nSPS) is 22.6. The molecule has 1 amide bonds. The number of unbranched alkanes of at least 4 members (excludes halogenated alkanes) is 4. The number of aromatic nitrogens is 2. The topological polar surface area (TPSA) is 47.4 Å². The first-order valence-electron chi connectivity index (χ1n) is 9.99. The smallest absolute Gasteiger partial charge is 0.222 e. The minimum absolute atomic E-state index is 0.180. The zero-order valence-corrected chi connectivity index (χ0v) is 15.9. The zero-order chi connectivity index (χ0) is 17.7. The van der Waals surface area contributed by atoms with Crippen LogP contribution in [-0.2, 0) is 16.6 Å². The third kappa shape index (κ3) is 4.25. The van der Waals surface area contributed by atoms with E-state index in [1.807, 2.05) is 17.9 Å². The van der Waals surface area contributed by atoms with Crippen LogP contribution in [0.3, 0.4) is 0 Å². The highest BCUT2D eigenvalue weighted by Gasteiger charge is 2.49. The SMILES string of the molecule is CCCCCCCC(=O)N1C[C@H](c2cnn(C)c2)C2(CCOCC2)C1. The average Bonchev–Trinajstić information content (AvgIpc) is 3.19. The maximum absolute atomic E-state index is 12.8. The summed E-state index contributed by atoms with van der Waals surface area (Å²) in [6.45, 7) is 5.59. The Kier molecular flexibility index (Phi) is 6.15. The number of nitrogens with zero attached hydrogens (tertiary/aromatic N) is 3. The second-order valence-corrected chi connectivity index (χ2v) is 7.91. The Morgan fingerprint density at radius 3 is 2.72 bits per heavy atom. The summed E-state index contributed by atoms with van der Waals surface area (Å²) in [4.78, 5) is 14.9. The van der Waals surface area contributed by atoms with E-state index < -0.39 is 0 Å². The Morgan fingerprint density at radius 1 is 1.28 bits per heavy atom. The van der Waals surface area contributed by atoms with Crippen LogP contribution in [0.1, 0.15) is 69.8 Å². The quantitative estimate of drug-likeness (QED) is 0.709. The molecule has 2 fully saturated rings. The van der Waals surface area contributed by atoms with Gasteiger partial charge in [-0.2, -0.15) is 5.10 Å². The van der Waals surface area contributed by atoms with Crippen molar-refractivity contribution >= 4 is 5.91 Å². The van der Waals surface area contributed by atoms with Gasteiger partial charge in [-0.05, 0) is 24.8 Å². The lowest BCUT2D eigenvalue weighted by atomic mass is 9.70. The minimum atomic E-state index is 0.180. The van der Waals surface area contributed by atoms with E-state index in [1.165, 1.54) is 31.2 Å². The molecule has 140 valence electrons. The largest absolute Gasteiger partial charge is 0.381 e. The standard InChI is InChI=1S/C20H33N3O2/c1-3-4-5-6-7-8-19(24)23-15-18(17-13-21-22(2)14-17)20(16-23)9-11-25-12-10-20/h13-14,18H,3-12,15-16H2,1-2H3/t18-/m1/s1. The van der Waals surface area contributed by atoms with Gasteiger partial charge in [0, 0.05) is 57.3 Å². The first-order valence-corrected chi connectivity index (χ1v) is 9.99. The molecule has 3 heterocycles. The van der Waals surface area contributed by atoms with Gasteiger partial charge in [-0.15, -0.1) is 0 Å². The molecule has 0 unspecified atom stereocenters. The van der Waals surface area contributed by atoms with Crippen molar-refractivity contribution in [3.8, 4) is 0 Å². The Balaban J connectivity index is 1.63. The van der Waals surface area contributed by atoms with Crippen LogP contribution in [-0.4, -0.2) is 46.9 Å². The molecular weight excluding hydrogens is 314 g/mol. The van der Waals surface area contributed by atoms with Crippen molar-refractivity contribution < 1.29 is 9.53 Å². The van der Waals surface area contributed by atoms with Gasteiger partial charge in [0.25, 0.3) is 0 Å². The van der Waals surface area contributed by atoms with Crippen LogP contribution in [0.15, 0.2) is 12.4 Å². The summed E-state index contributed by atoms with van der Waals surface area (Å²) in [5.41, 5.74) is 1.46. The highest BCUT2D eigenvalue weighted by molar-refractivity contribution is 5.76. The van der Waals surface area contributed by atoms with Gasteiger partial charge < -0.3 is 9.64 Å². The molecule has 0 radical (unpaired) electrons. The molecule has 0 saturated carbocycles. The second-order valence-electron chi connectivity index (χ2n) is 7.91. The number of rotatable bonds is 7. The molecule has 1 aromatic rings. The summed E-state index contributed by atoms with van der Waals surface area (Å²) in [5, 5.41) is 4.37. The van der Waals surface area contributed by atoms with Gasteiger partial charge in [-0.25, -0.2) is 0 Å². The fourth-order valence-electron chi connectivity index (χ4n) is 4.56. The molecular formula is C20H33N3O2. The van der Waals surface area contributed by atoms with Crippen molar-refractivity contribution in [2.45, 2.75) is 64.2 Å². The zero-order valence-electron chi connectivity index (χ0n) is 15.9. The van der Waals surface area contributed by atoms with Crippen molar-refractivity contribution in [2.75, 3.05) is 26.3 Å².